The number of alkyl halides is 1. The summed E-state index contributed by atoms with van der Waals surface area (Å²) in [7, 11) is 5.18. The van der Waals surface area contributed by atoms with Crippen molar-refractivity contribution in [2.75, 3.05) is 57.5 Å². The van der Waals surface area contributed by atoms with Crippen LogP contribution in [0.5, 0.6) is 0 Å². The Morgan fingerprint density at radius 1 is 1.36 bits per heavy atom. The van der Waals surface area contributed by atoms with Gasteiger partial charge in [-0.05, 0) is 26.0 Å². The van der Waals surface area contributed by atoms with Crippen molar-refractivity contribution in [2.45, 2.75) is 31.3 Å². The van der Waals surface area contributed by atoms with Gasteiger partial charge in [-0.1, -0.05) is 5.18 Å². The fourth-order valence-corrected chi connectivity index (χ4v) is 4.55. The van der Waals surface area contributed by atoms with Crippen LogP contribution < -0.4 is 21.3 Å². The number of nitrogens with zero attached hydrogens (tertiary/aromatic N) is 5. The minimum atomic E-state index is -1.31. The number of halogens is 1. The lowest BCUT2D eigenvalue weighted by molar-refractivity contribution is -0.133. The number of piperidine rings is 1. The number of hydrogen-bond acceptors (Lipinski definition) is 9. The lowest BCUT2D eigenvalue weighted by Gasteiger charge is -2.40. The van der Waals surface area contributed by atoms with Crippen molar-refractivity contribution in [1.29, 1.82) is 0 Å². The van der Waals surface area contributed by atoms with Gasteiger partial charge in [-0.2, -0.15) is 0 Å². The molecule has 0 aromatic carbocycles. The first kappa shape index (κ1) is 24.9. The van der Waals surface area contributed by atoms with Gasteiger partial charge in [0.1, 0.15) is 12.1 Å². The summed E-state index contributed by atoms with van der Waals surface area (Å²) in [5.74, 6) is -1.44. The van der Waals surface area contributed by atoms with E-state index in [2.05, 4.69) is 25.7 Å². The second-order valence-corrected chi connectivity index (χ2v) is 8.89. The summed E-state index contributed by atoms with van der Waals surface area (Å²) in [6.45, 7) is 1.48. The standard InChI is InChI=1S/C21H33FN8O3/c1-28(2)21(32)13-5-8-30(9-6-13)16-4-7-24-11-15(16)26-20(31)17(18(23)27-33)19-25-10-14(22)12-29(19)3/h4,7,11,13-14,17-19,25H,5-6,8-10,12,23H2,1-3H3,(H,26,31). The van der Waals surface area contributed by atoms with E-state index in [0.717, 1.165) is 5.69 Å². The summed E-state index contributed by atoms with van der Waals surface area (Å²) in [5, 5.41) is 8.68. The van der Waals surface area contributed by atoms with Gasteiger partial charge in [0.25, 0.3) is 0 Å². The molecule has 33 heavy (non-hydrogen) atoms. The highest BCUT2D eigenvalue weighted by atomic mass is 19.1. The normalized spacial score (nSPS) is 24.1. The van der Waals surface area contributed by atoms with Crippen LogP contribution in [0.2, 0.25) is 0 Å². The number of carbonyl (C=O) groups is 2. The van der Waals surface area contributed by atoms with E-state index in [1.807, 2.05) is 0 Å². The van der Waals surface area contributed by atoms with Crippen LogP contribution in [0, 0.1) is 16.7 Å². The van der Waals surface area contributed by atoms with Gasteiger partial charge in [0, 0.05) is 52.4 Å². The number of nitrogens with one attached hydrogen (secondary N) is 2. The van der Waals surface area contributed by atoms with Gasteiger partial charge in [-0.15, -0.1) is 4.91 Å². The van der Waals surface area contributed by atoms with Crippen molar-refractivity contribution in [2.24, 2.45) is 22.7 Å². The average molecular weight is 465 g/mol. The molecule has 4 unspecified atom stereocenters. The predicted molar refractivity (Wildman–Crippen MR) is 123 cm³/mol. The Hall–Kier alpha value is -2.70. The maximum absolute atomic E-state index is 13.7. The minimum absolute atomic E-state index is 0.0237. The summed E-state index contributed by atoms with van der Waals surface area (Å²) in [6.07, 6.45) is 1.55. The third kappa shape index (κ3) is 5.81. The second kappa shape index (κ2) is 10.9. The van der Waals surface area contributed by atoms with E-state index in [1.54, 1.807) is 43.2 Å². The molecule has 2 fully saturated rings. The van der Waals surface area contributed by atoms with E-state index < -0.39 is 30.3 Å². The first-order valence-electron chi connectivity index (χ1n) is 11.1. The Labute approximate surface area is 192 Å². The monoisotopic (exact) mass is 464 g/mol. The van der Waals surface area contributed by atoms with E-state index in [4.69, 9.17) is 5.73 Å². The minimum Gasteiger partial charge on any atom is -0.370 e. The van der Waals surface area contributed by atoms with Crippen molar-refractivity contribution in [3.05, 3.63) is 23.4 Å². The van der Waals surface area contributed by atoms with Crippen molar-refractivity contribution >= 4 is 23.2 Å². The summed E-state index contributed by atoms with van der Waals surface area (Å²) in [6, 6.07) is 1.80. The zero-order chi connectivity index (χ0) is 24.1. The Kier molecular flexibility index (Phi) is 8.27. The largest absolute Gasteiger partial charge is 0.370 e. The Morgan fingerprint density at radius 2 is 2.06 bits per heavy atom. The molecule has 2 aliphatic heterocycles. The third-order valence-corrected chi connectivity index (χ3v) is 6.32. The number of nitroso groups, excluding NO2 is 1. The fourth-order valence-electron chi connectivity index (χ4n) is 4.55. The molecule has 4 atom stereocenters. The SMILES string of the molecule is CN(C)C(=O)C1CCN(c2ccncc2NC(=O)C(C(N)N=O)C2NCC(F)CN2C)CC1. The summed E-state index contributed by atoms with van der Waals surface area (Å²) in [4.78, 5) is 46.2. The van der Waals surface area contributed by atoms with Crippen LogP contribution >= 0.6 is 0 Å². The van der Waals surface area contributed by atoms with Crippen LogP contribution in [0.15, 0.2) is 23.6 Å². The molecule has 0 saturated carbocycles. The van der Waals surface area contributed by atoms with E-state index in [0.29, 0.717) is 31.6 Å². The first-order valence-corrected chi connectivity index (χ1v) is 11.1. The molecule has 0 spiro atoms. The molecule has 182 valence electrons. The molecule has 0 radical (unpaired) electrons. The molecule has 12 heteroatoms. The number of aromatic nitrogens is 1. The van der Waals surface area contributed by atoms with Gasteiger partial charge in [0.15, 0.2) is 6.17 Å². The number of carbonyl (C=O) groups excluding carboxylic acids is 2. The topological polar surface area (TPSA) is 136 Å². The van der Waals surface area contributed by atoms with Gasteiger partial charge in [-0.3, -0.25) is 24.8 Å². The molecule has 0 bridgehead atoms. The maximum atomic E-state index is 13.7. The van der Waals surface area contributed by atoms with E-state index in [-0.39, 0.29) is 24.9 Å². The average Bonchev–Trinajstić information content (AvgIpc) is 2.80. The number of nitrogens with two attached hydrogens (primary N) is 1. The van der Waals surface area contributed by atoms with E-state index in [9.17, 15) is 18.9 Å². The Morgan fingerprint density at radius 3 is 2.67 bits per heavy atom. The van der Waals surface area contributed by atoms with Crippen LogP contribution in [0.4, 0.5) is 15.8 Å². The molecule has 2 saturated heterocycles. The number of hydrogen-bond donors (Lipinski definition) is 3. The van der Waals surface area contributed by atoms with Crippen molar-refractivity contribution in [3.8, 4) is 0 Å². The Bertz CT molecular complexity index is 849. The smallest absolute Gasteiger partial charge is 0.234 e. The maximum Gasteiger partial charge on any atom is 0.234 e. The second-order valence-electron chi connectivity index (χ2n) is 8.89. The highest BCUT2D eigenvalue weighted by molar-refractivity contribution is 5.96. The summed E-state index contributed by atoms with van der Waals surface area (Å²) >= 11 is 0. The van der Waals surface area contributed by atoms with Gasteiger partial charge in [0.2, 0.25) is 11.8 Å². The molecule has 3 heterocycles. The summed E-state index contributed by atoms with van der Waals surface area (Å²) < 4.78 is 13.7. The first-order chi connectivity index (χ1) is 15.7. The molecule has 4 N–H and O–H groups in total. The van der Waals surface area contributed by atoms with Gasteiger partial charge < -0.3 is 20.9 Å². The highest BCUT2D eigenvalue weighted by Crippen LogP contribution is 2.30. The Balaban J connectivity index is 1.74. The van der Waals surface area contributed by atoms with Crippen LogP contribution in [-0.4, -0.2) is 92.4 Å². The van der Waals surface area contributed by atoms with Gasteiger partial charge in [0.05, 0.1) is 23.7 Å². The lowest BCUT2D eigenvalue weighted by atomic mass is 9.95. The zero-order valence-corrected chi connectivity index (χ0v) is 19.3. The van der Waals surface area contributed by atoms with Crippen molar-refractivity contribution < 1.29 is 14.0 Å². The fraction of sp³-hybridized carbons (Fsp3) is 0.667. The van der Waals surface area contributed by atoms with Gasteiger partial charge in [-0.25, -0.2) is 4.39 Å². The molecule has 3 rings (SSSR count). The van der Waals surface area contributed by atoms with Crippen molar-refractivity contribution in [1.82, 2.24) is 20.1 Å². The number of anilines is 2. The van der Waals surface area contributed by atoms with Crippen molar-refractivity contribution in [3.63, 3.8) is 0 Å². The molecule has 1 aromatic heterocycles. The molecular formula is C21H33FN8O3. The zero-order valence-electron chi connectivity index (χ0n) is 19.3. The van der Waals surface area contributed by atoms with Crippen LogP contribution in [0.1, 0.15) is 12.8 Å². The number of rotatable bonds is 7. The van der Waals surface area contributed by atoms with Gasteiger partial charge >= 0.3 is 0 Å². The van der Waals surface area contributed by atoms with E-state index in [1.165, 1.54) is 6.20 Å². The summed E-state index contributed by atoms with van der Waals surface area (Å²) in [5.41, 5.74) is 7.14. The third-order valence-electron chi connectivity index (χ3n) is 6.32. The number of pyridine rings is 1. The highest BCUT2D eigenvalue weighted by Gasteiger charge is 2.40. The molecule has 11 nitrogen and oxygen atoms in total. The quantitative estimate of drug-likeness (QED) is 0.487. The van der Waals surface area contributed by atoms with Crippen LogP contribution in [0.25, 0.3) is 0 Å². The molecule has 1 aromatic rings. The molecule has 0 aliphatic carbocycles. The molecular weight excluding hydrogens is 431 g/mol. The number of amides is 2. The predicted octanol–water partition coefficient (Wildman–Crippen LogP) is 0.191. The van der Waals surface area contributed by atoms with E-state index >= 15 is 0 Å². The molecule has 2 amide bonds. The van der Waals surface area contributed by atoms with Crippen LogP contribution in [-0.2, 0) is 9.59 Å². The lowest BCUT2D eigenvalue weighted by Crippen LogP contribution is -2.62. The molecule has 2 aliphatic rings. The van der Waals surface area contributed by atoms with Crippen LogP contribution in [0.3, 0.4) is 0 Å².